The minimum Gasteiger partial charge on any atom is -0.467 e. The van der Waals surface area contributed by atoms with Crippen molar-refractivity contribution in [2.45, 2.75) is 83.3 Å². The van der Waals surface area contributed by atoms with Crippen LogP contribution in [0.3, 0.4) is 0 Å². The van der Waals surface area contributed by atoms with Gasteiger partial charge < -0.3 is 30.7 Å². The van der Waals surface area contributed by atoms with E-state index in [1.807, 2.05) is 78.9 Å². The molecule has 1 aliphatic rings. The molecule has 6 atom stereocenters. The SMILES string of the molecule is COC(=O)[C@H](Cc1ccccc1)NC(=O)[C@@](C)(/C=C/[C@@H]1CCCN1C(=O)[C@@H](NC(=O)[C@H](C)N)C(C)OCc1ccccc1)Cc1cccc(Cl)c1. The number of ether oxygens (including phenoxy) is 2. The van der Waals surface area contributed by atoms with E-state index in [1.54, 1.807) is 43.9 Å². The third-order valence-corrected chi connectivity index (χ3v) is 9.36. The average Bonchev–Trinajstić information content (AvgIpc) is 3.60. The molecule has 51 heavy (non-hydrogen) atoms. The molecule has 10 nitrogen and oxygen atoms in total. The average molecular weight is 717 g/mol. The summed E-state index contributed by atoms with van der Waals surface area (Å²) in [6.07, 6.45) is 4.92. The molecule has 0 saturated carbocycles. The molecule has 4 N–H and O–H groups in total. The quantitative estimate of drug-likeness (QED) is 0.143. The van der Waals surface area contributed by atoms with E-state index in [0.29, 0.717) is 18.0 Å². The van der Waals surface area contributed by atoms with Crippen LogP contribution in [0.1, 0.15) is 50.3 Å². The van der Waals surface area contributed by atoms with Gasteiger partial charge in [-0.1, -0.05) is 96.5 Å². The van der Waals surface area contributed by atoms with Gasteiger partial charge in [0.25, 0.3) is 0 Å². The molecule has 3 aromatic rings. The second-order valence-electron chi connectivity index (χ2n) is 13.3. The summed E-state index contributed by atoms with van der Waals surface area (Å²) < 4.78 is 11.2. The van der Waals surface area contributed by atoms with E-state index in [2.05, 4.69) is 10.6 Å². The van der Waals surface area contributed by atoms with E-state index in [4.69, 9.17) is 26.8 Å². The Morgan fingerprint density at radius 3 is 2.24 bits per heavy atom. The van der Waals surface area contributed by atoms with Crippen LogP contribution in [0.4, 0.5) is 0 Å². The largest absolute Gasteiger partial charge is 0.467 e. The number of hydrogen-bond acceptors (Lipinski definition) is 7. The van der Waals surface area contributed by atoms with Crippen LogP contribution in [0, 0.1) is 5.41 Å². The fourth-order valence-electron chi connectivity index (χ4n) is 6.13. The highest BCUT2D eigenvalue weighted by atomic mass is 35.5. The summed E-state index contributed by atoms with van der Waals surface area (Å²) in [6, 6.07) is 23.2. The number of nitrogens with zero attached hydrogens (tertiary/aromatic N) is 1. The van der Waals surface area contributed by atoms with Gasteiger partial charge in [-0.05, 0) is 68.9 Å². The number of halogens is 1. The lowest BCUT2D eigenvalue weighted by molar-refractivity contribution is -0.146. The van der Waals surface area contributed by atoms with Crippen LogP contribution in [0.2, 0.25) is 5.02 Å². The van der Waals surface area contributed by atoms with E-state index in [-0.39, 0.29) is 37.3 Å². The first-order chi connectivity index (χ1) is 24.4. The standard InChI is InChI=1S/C40H49ClN4O6/c1-27(42)36(46)44-35(28(2)51-26-30-15-9-6-10-16-30)37(47)45-22-12-19-33(45)20-21-40(3,25-31-17-11-18-32(41)23-31)39(49)43-34(38(48)50-4)24-29-13-7-5-8-14-29/h5-11,13-18,20-21,23,27-28,33-35H,12,19,22,24-26,42H2,1-4H3,(H,43,49)(H,44,46)/b21-20+/t27-,28?,33-,34-,35-,40-/m0/s1. The lowest BCUT2D eigenvalue weighted by Gasteiger charge is -2.32. The normalized spacial score (nSPS) is 17.9. The predicted molar refractivity (Wildman–Crippen MR) is 198 cm³/mol. The maximum absolute atomic E-state index is 14.2. The minimum absolute atomic E-state index is 0.250. The van der Waals surface area contributed by atoms with Gasteiger partial charge in [0.15, 0.2) is 0 Å². The maximum Gasteiger partial charge on any atom is 0.328 e. The van der Waals surface area contributed by atoms with Crippen molar-refractivity contribution in [3.05, 3.63) is 119 Å². The molecule has 0 spiro atoms. The van der Waals surface area contributed by atoms with Gasteiger partial charge in [0.2, 0.25) is 17.7 Å². The number of carbonyl (C=O) groups excluding carboxylic acids is 4. The number of hydrogen-bond donors (Lipinski definition) is 3. The first-order valence-electron chi connectivity index (χ1n) is 17.3. The highest BCUT2D eigenvalue weighted by molar-refractivity contribution is 6.30. The molecule has 1 fully saturated rings. The number of amides is 3. The first-order valence-corrected chi connectivity index (χ1v) is 17.7. The molecule has 0 aromatic heterocycles. The molecule has 0 radical (unpaired) electrons. The molecule has 1 aliphatic heterocycles. The Morgan fingerprint density at radius 1 is 0.961 bits per heavy atom. The zero-order valence-corrected chi connectivity index (χ0v) is 30.5. The van der Waals surface area contributed by atoms with E-state index in [0.717, 1.165) is 23.1 Å². The first kappa shape index (κ1) is 39.3. The summed E-state index contributed by atoms with van der Waals surface area (Å²) >= 11 is 6.32. The lowest BCUT2D eigenvalue weighted by atomic mass is 9.81. The molecule has 3 amide bonds. The van der Waals surface area contributed by atoms with Gasteiger partial charge in [-0.2, -0.15) is 0 Å². The van der Waals surface area contributed by atoms with Gasteiger partial charge in [-0.3, -0.25) is 14.4 Å². The topological polar surface area (TPSA) is 140 Å². The van der Waals surface area contributed by atoms with Crippen LogP contribution in [-0.2, 0) is 48.1 Å². The Balaban J connectivity index is 1.59. The van der Waals surface area contributed by atoms with Crippen LogP contribution in [0.25, 0.3) is 0 Å². The van der Waals surface area contributed by atoms with Gasteiger partial charge >= 0.3 is 5.97 Å². The summed E-state index contributed by atoms with van der Waals surface area (Å²) in [7, 11) is 1.29. The van der Waals surface area contributed by atoms with Crippen molar-refractivity contribution >= 4 is 35.3 Å². The lowest BCUT2D eigenvalue weighted by Crippen LogP contribution is -2.57. The molecule has 1 unspecified atom stereocenters. The summed E-state index contributed by atoms with van der Waals surface area (Å²) in [4.78, 5) is 55.8. The van der Waals surface area contributed by atoms with Crippen molar-refractivity contribution in [2.24, 2.45) is 11.1 Å². The molecule has 1 heterocycles. The van der Waals surface area contributed by atoms with Gasteiger partial charge in [-0.25, -0.2) is 4.79 Å². The smallest absolute Gasteiger partial charge is 0.328 e. The van der Waals surface area contributed by atoms with Crippen LogP contribution in [0.15, 0.2) is 97.1 Å². The van der Waals surface area contributed by atoms with Gasteiger partial charge in [-0.15, -0.1) is 0 Å². The molecular weight excluding hydrogens is 668 g/mol. The van der Waals surface area contributed by atoms with Gasteiger partial charge in [0.1, 0.15) is 12.1 Å². The number of carbonyl (C=O) groups is 4. The molecule has 11 heteroatoms. The van der Waals surface area contributed by atoms with Crippen LogP contribution < -0.4 is 16.4 Å². The number of nitrogens with two attached hydrogens (primary N) is 1. The molecule has 1 saturated heterocycles. The van der Waals surface area contributed by atoms with Gasteiger partial charge in [0, 0.05) is 18.0 Å². The molecule has 3 aromatic carbocycles. The number of esters is 1. The summed E-state index contributed by atoms with van der Waals surface area (Å²) in [6.45, 7) is 5.83. The second kappa shape index (κ2) is 18.6. The fourth-order valence-corrected chi connectivity index (χ4v) is 6.34. The molecule has 0 aliphatic carbocycles. The van der Waals surface area contributed by atoms with E-state index in [9.17, 15) is 19.2 Å². The van der Waals surface area contributed by atoms with Crippen molar-refractivity contribution in [2.75, 3.05) is 13.7 Å². The Bertz CT molecular complexity index is 1650. The predicted octanol–water partition coefficient (Wildman–Crippen LogP) is 4.77. The number of nitrogens with one attached hydrogen (secondary N) is 2. The van der Waals surface area contributed by atoms with E-state index >= 15 is 0 Å². The molecular formula is C40H49ClN4O6. The Kier molecular flexibility index (Phi) is 14.4. The van der Waals surface area contributed by atoms with Crippen molar-refractivity contribution in [3.8, 4) is 0 Å². The van der Waals surface area contributed by atoms with Gasteiger partial charge in [0.05, 0.1) is 37.3 Å². The fraction of sp³-hybridized carbons (Fsp3) is 0.400. The third kappa shape index (κ3) is 11.2. The monoisotopic (exact) mass is 716 g/mol. The minimum atomic E-state index is -1.15. The van der Waals surface area contributed by atoms with Crippen LogP contribution >= 0.6 is 11.6 Å². The number of methoxy groups -OCH3 is 1. The number of rotatable bonds is 16. The maximum atomic E-state index is 14.2. The highest BCUT2D eigenvalue weighted by Crippen LogP contribution is 2.29. The molecule has 272 valence electrons. The van der Waals surface area contributed by atoms with Crippen LogP contribution in [-0.4, -0.2) is 72.5 Å². The van der Waals surface area contributed by atoms with Crippen LogP contribution in [0.5, 0.6) is 0 Å². The summed E-state index contributed by atoms with van der Waals surface area (Å²) in [5.41, 5.74) is 7.34. The van der Waals surface area contributed by atoms with E-state index < -0.39 is 41.5 Å². The second-order valence-corrected chi connectivity index (χ2v) is 13.8. The van der Waals surface area contributed by atoms with Crippen molar-refractivity contribution in [1.29, 1.82) is 0 Å². The zero-order chi connectivity index (χ0) is 37.0. The highest BCUT2D eigenvalue weighted by Gasteiger charge is 2.39. The zero-order valence-electron chi connectivity index (χ0n) is 29.7. The van der Waals surface area contributed by atoms with E-state index in [1.165, 1.54) is 7.11 Å². The number of benzene rings is 3. The third-order valence-electron chi connectivity index (χ3n) is 9.12. The Hall–Kier alpha value is -4.51. The molecule has 4 rings (SSSR count). The number of likely N-dealkylation sites (tertiary alicyclic amines) is 1. The summed E-state index contributed by atoms with van der Waals surface area (Å²) in [5, 5.41) is 6.29. The van der Waals surface area contributed by atoms with Crippen molar-refractivity contribution < 1.29 is 28.7 Å². The Labute approximate surface area is 305 Å². The summed E-state index contributed by atoms with van der Waals surface area (Å²) in [5.74, 6) is -1.70. The molecule has 0 bridgehead atoms. The van der Waals surface area contributed by atoms with Crippen molar-refractivity contribution in [1.82, 2.24) is 15.5 Å². The Morgan fingerprint density at radius 2 is 1.61 bits per heavy atom. The van der Waals surface area contributed by atoms with Crippen molar-refractivity contribution in [3.63, 3.8) is 0 Å².